The summed E-state index contributed by atoms with van der Waals surface area (Å²) in [5.74, 6) is 0. The van der Waals surface area contributed by atoms with E-state index in [0.29, 0.717) is 0 Å². The van der Waals surface area contributed by atoms with Gasteiger partial charge in [0.2, 0.25) is 0 Å². The average Bonchev–Trinajstić information content (AvgIpc) is 2.18. The molecule has 0 atom stereocenters. The predicted molar refractivity (Wildman–Crippen MR) is 57.5 cm³/mol. The lowest BCUT2D eigenvalue weighted by Crippen LogP contribution is -2.01. The molecule has 0 saturated heterocycles. The largest absolute Gasteiger partial charge is 0.870 e. The van der Waals surface area contributed by atoms with Crippen molar-refractivity contribution in [2.24, 2.45) is 0 Å². The first-order valence-corrected chi connectivity index (χ1v) is 2.02. The van der Waals surface area contributed by atoms with Gasteiger partial charge in [0.25, 0.3) is 12.9 Å². The average molecular weight is 326 g/mol. The molecule has 20 heavy (non-hydrogen) atoms. The van der Waals surface area contributed by atoms with E-state index in [0.717, 1.165) is 7.11 Å². The Hall–Kier alpha value is -1.54. The summed E-state index contributed by atoms with van der Waals surface area (Å²) in [4.78, 5) is 26.0. The minimum atomic E-state index is -0.181. The molecule has 0 aromatic rings. The molecule has 0 aliphatic carbocycles. The van der Waals surface area contributed by atoms with Crippen LogP contribution in [0.4, 0.5) is 0 Å². The zero-order valence-corrected chi connectivity index (χ0v) is 10.3. The number of hydrogen-bond acceptors (Lipinski definition) is 10. The molecule has 0 bridgehead atoms. The van der Waals surface area contributed by atoms with Gasteiger partial charge in [0.05, 0.1) is 7.11 Å². The monoisotopic (exact) mass is 326 g/mol. The van der Waals surface area contributed by atoms with Gasteiger partial charge < -0.3 is 65.2 Å². The maximum absolute atomic E-state index is 8.64. The van der Waals surface area contributed by atoms with Crippen molar-refractivity contribution in [1.82, 2.24) is 12.3 Å². The van der Waals surface area contributed by atoms with Gasteiger partial charge in [0.15, 0.2) is 0 Å². The smallest absolute Gasteiger partial charge is 0.287 e. The summed E-state index contributed by atoms with van der Waals surface area (Å²) in [6.07, 6.45) is 0. The van der Waals surface area contributed by atoms with E-state index < -0.39 is 0 Å². The van der Waals surface area contributed by atoms with Gasteiger partial charge in [-0.25, -0.2) is 4.89 Å². The second-order valence-corrected chi connectivity index (χ2v) is 0.620. The van der Waals surface area contributed by atoms with Gasteiger partial charge in [-0.2, -0.15) is 0 Å². The normalized spacial score (nSPS) is 3.60. The van der Waals surface area contributed by atoms with Gasteiger partial charge in [-0.15, -0.1) is 0 Å². The Morgan fingerprint density at radius 3 is 0.900 bits per heavy atom. The zero-order valence-electron chi connectivity index (χ0n) is 10.3. The fourth-order valence-corrected chi connectivity index (χ4v) is 0. The first-order valence-electron chi connectivity index (χ1n) is 2.02. The standard InChI is InChI=1S/CH4O3.2CH2O3.CH4.2H3N.5H2O/c1-3-4-2;2*2-1-4-3;;;;;;;;/h2H,1H3;2*1,3H;1H4;2*1H3;5*1H2/p-2. The van der Waals surface area contributed by atoms with E-state index in [2.05, 4.69) is 19.7 Å². The van der Waals surface area contributed by atoms with Crippen LogP contribution in [-0.4, -0.2) is 47.4 Å². The van der Waals surface area contributed by atoms with Crippen LogP contribution in [0.25, 0.3) is 0 Å². The van der Waals surface area contributed by atoms with E-state index in [1.807, 2.05) is 0 Å². The highest BCUT2D eigenvalue weighted by atomic mass is 17.5. The molecule has 16 heteroatoms. The second kappa shape index (κ2) is 238. The number of quaternary nitrogens is 2. The van der Waals surface area contributed by atoms with E-state index >= 15 is 0 Å². The Bertz CT molecular complexity index is 75.6. The maximum Gasteiger partial charge on any atom is 0.287 e. The second-order valence-electron chi connectivity index (χ2n) is 0.620. The molecule has 17 N–H and O–H groups in total. The SMILES string of the molecule is C.COO[O-].O.O.O.O.O=CO[O-].O=CO[O-].[NH4+].[NH4+].[OH-]. The summed E-state index contributed by atoms with van der Waals surface area (Å²) < 4.78 is 0. The van der Waals surface area contributed by atoms with Crippen LogP contribution < -0.4 is 28.1 Å². The minimum absolute atomic E-state index is 0. The number of hydrogen-bond donors (Lipinski definition) is 2. The summed E-state index contributed by atoms with van der Waals surface area (Å²) in [7, 11) is 1.15. The van der Waals surface area contributed by atoms with Crippen LogP contribution >= 0.6 is 0 Å². The fourth-order valence-electron chi connectivity index (χ4n) is 0. The topological polar surface area (TPSA) is 369 Å². The van der Waals surface area contributed by atoms with Crippen LogP contribution in [0.1, 0.15) is 7.43 Å². The van der Waals surface area contributed by atoms with Crippen molar-refractivity contribution in [1.29, 1.82) is 0 Å². The third kappa shape index (κ3) is 1850. The van der Waals surface area contributed by atoms with Crippen molar-refractivity contribution in [3.63, 3.8) is 0 Å². The summed E-state index contributed by atoms with van der Waals surface area (Å²) in [5.41, 5.74) is 0. The lowest BCUT2D eigenvalue weighted by atomic mass is 11.7. The van der Waals surface area contributed by atoms with Crippen LogP contribution in [0.2, 0.25) is 0 Å². The van der Waals surface area contributed by atoms with E-state index in [4.69, 9.17) is 25.4 Å². The molecule has 0 aliphatic heterocycles. The highest BCUT2D eigenvalue weighted by Gasteiger charge is 1.37. The molecule has 0 amide bonds. The van der Waals surface area contributed by atoms with Gasteiger partial charge in [-0.05, 0) is 0 Å². The van der Waals surface area contributed by atoms with Crippen LogP contribution in [0.5, 0.6) is 0 Å². The molecule has 0 aromatic carbocycles. The third-order valence-corrected chi connectivity index (χ3v) is 0.147. The van der Waals surface area contributed by atoms with Crippen molar-refractivity contribution in [2.75, 3.05) is 7.11 Å². The molecule has 0 rings (SSSR count). The lowest BCUT2D eigenvalue weighted by molar-refractivity contribution is -0.796. The van der Waals surface area contributed by atoms with Gasteiger partial charge >= 0.3 is 0 Å². The zero-order chi connectivity index (χ0) is 10.2. The number of carbonyl (C=O) groups is 2. The predicted octanol–water partition coefficient (Wildman–Crippen LogP) is -6.38. The van der Waals surface area contributed by atoms with Crippen molar-refractivity contribution >= 4 is 12.9 Å². The molecule has 0 radical (unpaired) electrons. The summed E-state index contributed by atoms with van der Waals surface area (Å²) in [6, 6.07) is 0. The van der Waals surface area contributed by atoms with Gasteiger partial charge in [-0.3, -0.25) is 14.6 Å². The molecule has 0 spiro atoms. The van der Waals surface area contributed by atoms with Crippen molar-refractivity contribution in [3.05, 3.63) is 0 Å². The Labute approximate surface area is 113 Å². The number of rotatable bonds is 3. The molecule has 16 nitrogen and oxygen atoms in total. The van der Waals surface area contributed by atoms with Crippen LogP contribution in [0.3, 0.4) is 0 Å². The van der Waals surface area contributed by atoms with Crippen LogP contribution in [0.15, 0.2) is 0 Å². The van der Waals surface area contributed by atoms with Crippen molar-refractivity contribution < 1.29 is 72.4 Å². The first kappa shape index (κ1) is 101. The van der Waals surface area contributed by atoms with Crippen molar-refractivity contribution in [2.45, 2.75) is 7.43 Å². The summed E-state index contributed by atoms with van der Waals surface area (Å²) >= 11 is 0. The summed E-state index contributed by atoms with van der Waals surface area (Å²) in [5, 5.41) is 28.2. The molecule has 0 saturated carbocycles. The Balaban J connectivity index is -0.00000000562. The fraction of sp³-hybridized carbons (Fsp3) is 0.500. The molecule has 0 aliphatic rings. The van der Waals surface area contributed by atoms with E-state index in [9.17, 15) is 0 Å². The van der Waals surface area contributed by atoms with Crippen molar-refractivity contribution in [3.8, 4) is 0 Å². The molecule has 0 unspecified atom stereocenters. The third-order valence-electron chi connectivity index (χ3n) is 0.147. The highest BCUT2D eigenvalue weighted by Crippen LogP contribution is 1.44. The Morgan fingerprint density at radius 1 is 0.800 bits per heavy atom. The maximum atomic E-state index is 8.64. The first-order chi connectivity index (χ1) is 5.74. The van der Waals surface area contributed by atoms with Gasteiger partial charge in [0, 0.05) is 0 Å². The van der Waals surface area contributed by atoms with Gasteiger partial charge in [0.1, 0.15) is 0 Å². The van der Waals surface area contributed by atoms with E-state index in [1.54, 1.807) is 0 Å². The Morgan fingerprint density at radius 2 is 0.900 bits per heavy atom. The highest BCUT2D eigenvalue weighted by molar-refractivity contribution is 5.35. The molecule has 0 fully saturated rings. The van der Waals surface area contributed by atoms with Gasteiger partial charge in [-0.1, -0.05) is 7.43 Å². The minimum Gasteiger partial charge on any atom is -0.870 e. The van der Waals surface area contributed by atoms with Crippen LogP contribution in [-0.2, 0) is 29.3 Å². The van der Waals surface area contributed by atoms with E-state index in [1.165, 1.54) is 0 Å². The summed E-state index contributed by atoms with van der Waals surface area (Å²) in [6.45, 7) is -0.361. The van der Waals surface area contributed by atoms with Crippen LogP contribution in [0, 0.1) is 0 Å². The Kier molecular flexibility index (Phi) is 1200. The number of carbonyl (C=O) groups excluding carboxylic acids is 2. The molecule has 138 valence electrons. The van der Waals surface area contributed by atoms with E-state index in [-0.39, 0.29) is 60.1 Å². The quantitative estimate of drug-likeness (QED) is 0.280. The molecular weight excluding hydrogens is 300 g/mol. The lowest BCUT2D eigenvalue weighted by Gasteiger charge is -1.94. The molecule has 0 aromatic heterocycles. The molecule has 0 heterocycles. The molecular formula is C4H26N2O14-2.